The minimum atomic E-state index is -0.672. The SMILES string of the molecule is Cc1c(-c2cc(OC(COCc3ccccc3)c3ccc(F)cn3)c3c(Cl)cnn3c2)nnn1C1CC(N2CCN(C(=O)OC(C)(C)C)CC2)C1. The minimum Gasteiger partial charge on any atom is -0.479 e. The summed E-state index contributed by atoms with van der Waals surface area (Å²) in [6.07, 6.45) is 5.58. The predicted molar refractivity (Wildman–Crippen MR) is 189 cm³/mol. The third-order valence-electron chi connectivity index (χ3n) is 9.38. The van der Waals surface area contributed by atoms with E-state index in [0.717, 1.165) is 48.9 Å². The van der Waals surface area contributed by atoms with Crippen LogP contribution in [-0.2, 0) is 16.1 Å². The van der Waals surface area contributed by atoms with E-state index in [0.29, 0.717) is 53.4 Å². The van der Waals surface area contributed by atoms with Crippen molar-refractivity contribution in [3.8, 4) is 17.0 Å². The first-order valence-corrected chi connectivity index (χ1v) is 17.6. The van der Waals surface area contributed by atoms with Crippen LogP contribution in [0.3, 0.4) is 0 Å². The highest BCUT2D eigenvalue weighted by atomic mass is 35.5. The van der Waals surface area contributed by atoms with Crippen LogP contribution in [0.2, 0.25) is 5.02 Å². The predicted octanol–water partition coefficient (Wildman–Crippen LogP) is 6.68. The highest BCUT2D eigenvalue weighted by Crippen LogP contribution is 2.39. The normalized spacial score (nSPS) is 18.8. The molecule has 2 aliphatic rings. The van der Waals surface area contributed by atoms with Crippen molar-refractivity contribution in [2.24, 2.45) is 0 Å². The molecule has 4 aromatic heterocycles. The Labute approximate surface area is 301 Å². The third-order valence-corrected chi connectivity index (χ3v) is 9.66. The number of fused-ring (bicyclic) bond motifs is 1. The van der Waals surface area contributed by atoms with Crippen molar-refractivity contribution in [3.63, 3.8) is 0 Å². The molecule has 1 atom stereocenters. The lowest BCUT2D eigenvalue weighted by Crippen LogP contribution is -2.55. The molecule has 1 amide bonds. The monoisotopic (exact) mass is 716 g/mol. The van der Waals surface area contributed by atoms with Gasteiger partial charge in [-0.2, -0.15) is 5.10 Å². The van der Waals surface area contributed by atoms with Crippen LogP contribution < -0.4 is 4.74 Å². The van der Waals surface area contributed by atoms with E-state index in [1.807, 2.05) is 75.0 Å². The first kappa shape index (κ1) is 34.8. The summed E-state index contributed by atoms with van der Waals surface area (Å²) in [6, 6.07) is 15.3. The zero-order valence-electron chi connectivity index (χ0n) is 29.2. The molecule has 1 unspecified atom stereocenters. The van der Waals surface area contributed by atoms with E-state index >= 15 is 0 Å². The Hall–Kier alpha value is -4.59. The number of nitrogens with zero attached hydrogens (tertiary/aromatic N) is 8. The average Bonchev–Trinajstić information content (AvgIpc) is 3.66. The van der Waals surface area contributed by atoms with Crippen molar-refractivity contribution in [3.05, 3.63) is 94.9 Å². The van der Waals surface area contributed by atoms with Crippen LogP contribution >= 0.6 is 11.6 Å². The second-order valence-electron chi connectivity index (χ2n) is 14.1. The summed E-state index contributed by atoms with van der Waals surface area (Å²) in [5.41, 5.74) is 4.00. The number of hydrogen-bond donors (Lipinski definition) is 0. The van der Waals surface area contributed by atoms with Gasteiger partial charge in [-0.15, -0.1) is 5.10 Å². The summed E-state index contributed by atoms with van der Waals surface area (Å²) >= 11 is 6.62. The first-order chi connectivity index (χ1) is 24.5. The maximum absolute atomic E-state index is 13.8. The van der Waals surface area contributed by atoms with Gasteiger partial charge in [0, 0.05) is 44.0 Å². The molecule has 0 N–H and O–H groups in total. The molecule has 0 radical (unpaired) electrons. The number of amides is 1. The zero-order chi connectivity index (χ0) is 35.7. The van der Waals surface area contributed by atoms with Crippen molar-refractivity contribution in [1.82, 2.24) is 39.4 Å². The number of hydrogen-bond acceptors (Lipinski definition) is 9. The van der Waals surface area contributed by atoms with Gasteiger partial charge in [-0.1, -0.05) is 47.1 Å². The second kappa shape index (κ2) is 14.6. The van der Waals surface area contributed by atoms with E-state index in [1.54, 1.807) is 21.7 Å². The van der Waals surface area contributed by atoms with E-state index < -0.39 is 17.5 Å². The van der Waals surface area contributed by atoms with Gasteiger partial charge < -0.3 is 19.1 Å². The van der Waals surface area contributed by atoms with Crippen LogP contribution in [0.15, 0.2) is 67.1 Å². The molecule has 268 valence electrons. The minimum absolute atomic E-state index is 0.157. The molecule has 2 fully saturated rings. The fraction of sp³-hybridized carbons (Fsp3) is 0.432. The summed E-state index contributed by atoms with van der Waals surface area (Å²) in [7, 11) is 0. The van der Waals surface area contributed by atoms with Crippen LogP contribution in [0, 0.1) is 12.7 Å². The van der Waals surface area contributed by atoms with Crippen LogP contribution in [0.4, 0.5) is 9.18 Å². The molecule has 14 heteroatoms. The number of piperazine rings is 1. The molecule has 12 nitrogen and oxygen atoms in total. The Morgan fingerprint density at radius 2 is 1.80 bits per heavy atom. The summed E-state index contributed by atoms with van der Waals surface area (Å²) in [5.74, 6) is 0.0145. The van der Waals surface area contributed by atoms with Gasteiger partial charge in [-0.3, -0.25) is 9.88 Å². The summed E-state index contributed by atoms with van der Waals surface area (Å²) in [6.45, 7) is 11.2. The number of carbonyl (C=O) groups is 1. The fourth-order valence-corrected chi connectivity index (χ4v) is 6.87. The number of halogens is 2. The summed E-state index contributed by atoms with van der Waals surface area (Å²) < 4.78 is 35.7. The summed E-state index contributed by atoms with van der Waals surface area (Å²) in [5, 5.41) is 14.1. The lowest BCUT2D eigenvalue weighted by atomic mass is 9.85. The largest absolute Gasteiger partial charge is 0.479 e. The second-order valence-corrected chi connectivity index (χ2v) is 14.5. The number of rotatable bonds is 10. The Kier molecular flexibility index (Phi) is 9.95. The lowest BCUT2D eigenvalue weighted by molar-refractivity contribution is -0.00173. The number of benzene rings is 1. The Balaban J connectivity index is 1.06. The lowest BCUT2D eigenvalue weighted by Gasteiger charge is -2.46. The molecule has 1 aromatic carbocycles. The Morgan fingerprint density at radius 3 is 2.51 bits per heavy atom. The highest BCUT2D eigenvalue weighted by molar-refractivity contribution is 6.34. The van der Waals surface area contributed by atoms with Crippen molar-refractivity contribution in [2.45, 2.75) is 70.9 Å². The van der Waals surface area contributed by atoms with Crippen LogP contribution in [0.5, 0.6) is 5.75 Å². The van der Waals surface area contributed by atoms with Gasteiger partial charge in [-0.25, -0.2) is 18.4 Å². The van der Waals surface area contributed by atoms with Gasteiger partial charge in [0.1, 0.15) is 28.4 Å². The molecule has 7 rings (SSSR count). The van der Waals surface area contributed by atoms with E-state index in [4.69, 9.17) is 25.8 Å². The molecular formula is C37H42ClFN8O4. The van der Waals surface area contributed by atoms with E-state index in [1.165, 1.54) is 6.07 Å². The smallest absolute Gasteiger partial charge is 0.410 e. The van der Waals surface area contributed by atoms with E-state index in [2.05, 4.69) is 25.3 Å². The Bertz CT molecular complexity index is 1970. The molecule has 1 aliphatic carbocycles. The number of aromatic nitrogens is 6. The first-order valence-electron chi connectivity index (χ1n) is 17.2. The van der Waals surface area contributed by atoms with E-state index in [-0.39, 0.29) is 18.7 Å². The molecule has 0 bridgehead atoms. The molecule has 5 aromatic rings. The van der Waals surface area contributed by atoms with Crippen LogP contribution in [0.25, 0.3) is 16.8 Å². The Morgan fingerprint density at radius 1 is 1.04 bits per heavy atom. The summed E-state index contributed by atoms with van der Waals surface area (Å²) in [4.78, 5) is 21.1. The standard InChI is InChI=1S/C37H42ClFN8O4/c1-24-34(42-43-47(24)29-17-28(18-29)44-12-14-45(15-13-44)36(48)51-37(2,3)4)26-16-32(35-30(38)20-41-46(35)21-26)50-33(31-11-10-27(39)19-40-31)23-49-22-25-8-6-5-7-9-25/h5-11,16,19-21,28-29,33H,12-15,17-18,22-23H2,1-4H3. The van der Waals surface area contributed by atoms with Crippen LogP contribution in [0.1, 0.15) is 62.7 Å². The molecule has 1 saturated carbocycles. The molecule has 51 heavy (non-hydrogen) atoms. The fourth-order valence-electron chi connectivity index (χ4n) is 6.64. The van der Waals surface area contributed by atoms with E-state index in [9.17, 15) is 9.18 Å². The van der Waals surface area contributed by atoms with Crippen molar-refractivity contribution in [2.75, 3.05) is 32.8 Å². The van der Waals surface area contributed by atoms with Crippen molar-refractivity contribution >= 4 is 23.2 Å². The number of pyridine rings is 2. The molecular weight excluding hydrogens is 675 g/mol. The van der Waals surface area contributed by atoms with Gasteiger partial charge in [-0.05, 0) is 64.3 Å². The molecule has 1 aliphatic heterocycles. The van der Waals surface area contributed by atoms with Crippen molar-refractivity contribution in [1.29, 1.82) is 0 Å². The molecule has 1 saturated heterocycles. The number of carbonyl (C=O) groups excluding carboxylic acids is 1. The van der Waals surface area contributed by atoms with Gasteiger partial charge in [0.25, 0.3) is 0 Å². The van der Waals surface area contributed by atoms with Crippen molar-refractivity contribution < 1.29 is 23.4 Å². The quantitative estimate of drug-likeness (QED) is 0.156. The van der Waals surface area contributed by atoms with Crippen LogP contribution in [-0.4, -0.2) is 89.9 Å². The number of ether oxygens (including phenoxy) is 3. The third kappa shape index (κ3) is 7.85. The average molecular weight is 717 g/mol. The maximum Gasteiger partial charge on any atom is 0.410 e. The topological polar surface area (TPSA) is 112 Å². The van der Waals surface area contributed by atoms with Gasteiger partial charge >= 0.3 is 6.09 Å². The van der Waals surface area contributed by atoms with Gasteiger partial charge in [0.15, 0.2) is 6.10 Å². The highest BCUT2D eigenvalue weighted by Gasteiger charge is 2.38. The molecule has 0 spiro atoms. The maximum atomic E-state index is 13.8. The molecule has 5 heterocycles. The van der Waals surface area contributed by atoms with Gasteiger partial charge in [0.2, 0.25) is 0 Å². The zero-order valence-corrected chi connectivity index (χ0v) is 30.0. The van der Waals surface area contributed by atoms with Gasteiger partial charge in [0.05, 0.1) is 48.1 Å².